The van der Waals surface area contributed by atoms with E-state index in [4.69, 9.17) is 0 Å². The van der Waals surface area contributed by atoms with Crippen molar-refractivity contribution in [2.75, 3.05) is 12.4 Å². The van der Waals surface area contributed by atoms with E-state index in [1.807, 2.05) is 13.0 Å². The normalized spacial score (nSPS) is 10.7. The molecule has 112 valence electrons. The standard InChI is InChI=1S/C15H20N4OS/c1-9(2)13-5-11(6-14(16-4)19-13)15(20)18-8-12-7-17-10(3)21-12/h5-7,9H,8H2,1-4H3,(H,16,19)(H,18,20). The van der Waals surface area contributed by atoms with E-state index in [2.05, 4.69) is 34.4 Å². The number of carbonyl (C=O) groups is 1. The largest absolute Gasteiger partial charge is 0.373 e. The van der Waals surface area contributed by atoms with Gasteiger partial charge in [-0.25, -0.2) is 9.97 Å². The third-order valence-corrected chi connectivity index (χ3v) is 3.96. The Labute approximate surface area is 128 Å². The molecule has 0 aliphatic rings. The minimum absolute atomic E-state index is 0.0955. The molecule has 0 unspecified atom stereocenters. The van der Waals surface area contributed by atoms with E-state index in [0.717, 1.165) is 15.6 Å². The molecule has 0 fully saturated rings. The van der Waals surface area contributed by atoms with Gasteiger partial charge in [0.1, 0.15) is 5.82 Å². The summed E-state index contributed by atoms with van der Waals surface area (Å²) in [6.07, 6.45) is 1.80. The molecule has 0 spiro atoms. The van der Waals surface area contributed by atoms with Crippen LogP contribution in [0.5, 0.6) is 0 Å². The quantitative estimate of drug-likeness (QED) is 0.891. The van der Waals surface area contributed by atoms with Crippen LogP contribution in [0.3, 0.4) is 0 Å². The number of aryl methyl sites for hydroxylation is 1. The fraction of sp³-hybridized carbons (Fsp3) is 0.400. The second kappa shape index (κ2) is 6.67. The first-order valence-corrected chi connectivity index (χ1v) is 7.70. The van der Waals surface area contributed by atoms with Gasteiger partial charge in [0.05, 0.1) is 11.6 Å². The molecular weight excluding hydrogens is 284 g/mol. The summed E-state index contributed by atoms with van der Waals surface area (Å²) in [6.45, 7) is 6.57. The van der Waals surface area contributed by atoms with Crippen LogP contribution in [0, 0.1) is 6.92 Å². The van der Waals surface area contributed by atoms with Crippen molar-refractivity contribution < 1.29 is 4.79 Å². The molecule has 0 aromatic carbocycles. The summed E-state index contributed by atoms with van der Waals surface area (Å²) in [5.41, 5.74) is 1.53. The maximum absolute atomic E-state index is 12.3. The highest BCUT2D eigenvalue weighted by atomic mass is 32.1. The fourth-order valence-electron chi connectivity index (χ4n) is 1.86. The molecule has 0 radical (unpaired) electrons. The molecule has 0 atom stereocenters. The Kier molecular flexibility index (Phi) is 4.90. The molecule has 21 heavy (non-hydrogen) atoms. The topological polar surface area (TPSA) is 66.9 Å². The zero-order valence-electron chi connectivity index (χ0n) is 12.7. The zero-order valence-corrected chi connectivity index (χ0v) is 13.5. The highest BCUT2D eigenvalue weighted by Crippen LogP contribution is 2.18. The molecule has 2 rings (SSSR count). The van der Waals surface area contributed by atoms with Crippen LogP contribution >= 0.6 is 11.3 Å². The molecule has 0 aliphatic heterocycles. The molecule has 0 bridgehead atoms. The highest BCUT2D eigenvalue weighted by molar-refractivity contribution is 7.11. The predicted molar refractivity (Wildman–Crippen MR) is 85.9 cm³/mol. The van der Waals surface area contributed by atoms with E-state index in [1.54, 1.807) is 30.6 Å². The number of amides is 1. The summed E-state index contributed by atoms with van der Waals surface area (Å²) in [6, 6.07) is 3.61. The van der Waals surface area contributed by atoms with Gasteiger partial charge in [-0.1, -0.05) is 13.8 Å². The Morgan fingerprint density at radius 2 is 2.14 bits per heavy atom. The first-order valence-electron chi connectivity index (χ1n) is 6.89. The molecule has 2 aromatic rings. The molecular formula is C15H20N4OS. The van der Waals surface area contributed by atoms with Crippen LogP contribution in [0.2, 0.25) is 0 Å². The average Bonchev–Trinajstić information content (AvgIpc) is 2.89. The fourth-order valence-corrected chi connectivity index (χ4v) is 2.60. The van der Waals surface area contributed by atoms with Crippen molar-refractivity contribution in [3.63, 3.8) is 0 Å². The van der Waals surface area contributed by atoms with Crippen LogP contribution in [0.4, 0.5) is 5.82 Å². The number of hydrogen-bond acceptors (Lipinski definition) is 5. The van der Waals surface area contributed by atoms with Gasteiger partial charge in [0.2, 0.25) is 0 Å². The average molecular weight is 304 g/mol. The van der Waals surface area contributed by atoms with Crippen molar-refractivity contribution in [1.82, 2.24) is 15.3 Å². The minimum atomic E-state index is -0.0955. The summed E-state index contributed by atoms with van der Waals surface area (Å²) < 4.78 is 0. The van der Waals surface area contributed by atoms with Crippen molar-refractivity contribution in [2.24, 2.45) is 0 Å². The van der Waals surface area contributed by atoms with Gasteiger partial charge in [0, 0.05) is 29.4 Å². The number of nitrogens with zero attached hydrogens (tertiary/aromatic N) is 2. The third-order valence-electron chi connectivity index (χ3n) is 3.05. The predicted octanol–water partition coefficient (Wildman–Crippen LogP) is 2.94. The summed E-state index contributed by atoms with van der Waals surface area (Å²) in [4.78, 5) is 22.0. The Morgan fingerprint density at radius 3 is 2.71 bits per heavy atom. The number of thiazole rings is 1. The lowest BCUT2D eigenvalue weighted by Gasteiger charge is -2.11. The van der Waals surface area contributed by atoms with Crippen LogP contribution in [-0.4, -0.2) is 22.9 Å². The van der Waals surface area contributed by atoms with Gasteiger partial charge < -0.3 is 10.6 Å². The lowest BCUT2D eigenvalue weighted by Crippen LogP contribution is -2.23. The van der Waals surface area contributed by atoms with Crippen LogP contribution in [0.25, 0.3) is 0 Å². The first kappa shape index (κ1) is 15.4. The van der Waals surface area contributed by atoms with Gasteiger partial charge in [0.25, 0.3) is 5.91 Å². The second-order valence-electron chi connectivity index (χ2n) is 5.10. The van der Waals surface area contributed by atoms with E-state index in [-0.39, 0.29) is 11.8 Å². The van der Waals surface area contributed by atoms with Gasteiger partial charge in [-0.2, -0.15) is 0 Å². The summed E-state index contributed by atoms with van der Waals surface area (Å²) in [5, 5.41) is 6.92. The summed E-state index contributed by atoms with van der Waals surface area (Å²) in [5.74, 6) is 0.885. The van der Waals surface area contributed by atoms with Gasteiger partial charge in [-0.05, 0) is 25.0 Å². The van der Waals surface area contributed by atoms with Gasteiger partial charge >= 0.3 is 0 Å². The van der Waals surface area contributed by atoms with Crippen molar-refractivity contribution in [1.29, 1.82) is 0 Å². The van der Waals surface area contributed by atoms with Gasteiger partial charge in [-0.15, -0.1) is 11.3 Å². The molecule has 0 aliphatic carbocycles. The Bertz CT molecular complexity index is 636. The van der Waals surface area contributed by atoms with Crippen molar-refractivity contribution in [3.05, 3.63) is 39.5 Å². The van der Waals surface area contributed by atoms with Crippen molar-refractivity contribution in [2.45, 2.75) is 33.2 Å². The molecule has 6 heteroatoms. The number of anilines is 1. The molecule has 1 amide bonds. The summed E-state index contributed by atoms with van der Waals surface area (Å²) in [7, 11) is 1.80. The Balaban J connectivity index is 2.12. The number of carbonyl (C=O) groups excluding carboxylic acids is 1. The lowest BCUT2D eigenvalue weighted by molar-refractivity contribution is 0.0951. The van der Waals surface area contributed by atoms with E-state index in [0.29, 0.717) is 17.9 Å². The Hall–Kier alpha value is -1.95. The van der Waals surface area contributed by atoms with Crippen LogP contribution < -0.4 is 10.6 Å². The number of aromatic nitrogens is 2. The second-order valence-corrected chi connectivity index (χ2v) is 6.42. The smallest absolute Gasteiger partial charge is 0.251 e. The highest BCUT2D eigenvalue weighted by Gasteiger charge is 2.11. The number of pyridine rings is 1. The van der Waals surface area contributed by atoms with E-state index >= 15 is 0 Å². The molecule has 2 aromatic heterocycles. The van der Waals surface area contributed by atoms with Crippen molar-refractivity contribution >= 4 is 23.1 Å². The maximum atomic E-state index is 12.3. The lowest BCUT2D eigenvalue weighted by atomic mass is 10.1. The molecule has 2 N–H and O–H groups in total. The van der Waals surface area contributed by atoms with Crippen LogP contribution in [-0.2, 0) is 6.54 Å². The first-order chi connectivity index (χ1) is 9.99. The summed E-state index contributed by atoms with van der Waals surface area (Å²) >= 11 is 1.59. The van der Waals surface area contributed by atoms with Crippen LogP contribution in [0.15, 0.2) is 18.3 Å². The van der Waals surface area contributed by atoms with Crippen molar-refractivity contribution in [3.8, 4) is 0 Å². The van der Waals surface area contributed by atoms with E-state index in [9.17, 15) is 4.79 Å². The van der Waals surface area contributed by atoms with Gasteiger partial charge in [-0.3, -0.25) is 4.79 Å². The van der Waals surface area contributed by atoms with Gasteiger partial charge in [0.15, 0.2) is 0 Å². The number of nitrogens with one attached hydrogen (secondary N) is 2. The van der Waals surface area contributed by atoms with Crippen LogP contribution in [0.1, 0.15) is 45.7 Å². The van der Waals surface area contributed by atoms with E-state index in [1.165, 1.54) is 0 Å². The number of rotatable bonds is 5. The van der Waals surface area contributed by atoms with E-state index < -0.39 is 0 Å². The minimum Gasteiger partial charge on any atom is -0.373 e. The third kappa shape index (κ3) is 4.01. The molecule has 2 heterocycles. The Morgan fingerprint density at radius 1 is 1.38 bits per heavy atom. The molecule has 0 saturated heterocycles. The number of hydrogen-bond donors (Lipinski definition) is 2. The maximum Gasteiger partial charge on any atom is 0.251 e. The molecule has 5 nitrogen and oxygen atoms in total. The molecule has 0 saturated carbocycles. The monoisotopic (exact) mass is 304 g/mol. The SMILES string of the molecule is CNc1cc(C(=O)NCc2cnc(C)s2)cc(C(C)C)n1. The zero-order chi connectivity index (χ0) is 15.4.